The van der Waals surface area contributed by atoms with Crippen LogP contribution in [0.3, 0.4) is 0 Å². The molecule has 0 unspecified atom stereocenters. The molecule has 134 valence electrons. The maximum Gasteiger partial charge on any atom is 0.241 e. The van der Waals surface area contributed by atoms with Gasteiger partial charge in [-0.15, -0.1) is 0 Å². The molecule has 0 saturated carbocycles. The van der Waals surface area contributed by atoms with Gasteiger partial charge in [0.05, 0.1) is 13.7 Å². The normalized spacial score (nSPS) is 23.1. The van der Waals surface area contributed by atoms with Gasteiger partial charge in [-0.25, -0.2) is 0 Å². The zero-order valence-corrected chi connectivity index (χ0v) is 16.6. The van der Waals surface area contributed by atoms with Gasteiger partial charge < -0.3 is 15.0 Å². The maximum absolute atomic E-state index is 12.3. The third kappa shape index (κ3) is 2.30. The van der Waals surface area contributed by atoms with Crippen molar-refractivity contribution in [3.8, 4) is 5.75 Å². The molecule has 4 nitrogen and oxygen atoms in total. The highest BCUT2D eigenvalue weighted by Crippen LogP contribution is 2.52. The summed E-state index contributed by atoms with van der Waals surface area (Å²) in [5.41, 5.74) is 2.45. The molecule has 1 atom stereocenters. The fourth-order valence-corrected chi connectivity index (χ4v) is 4.56. The molecule has 0 bridgehead atoms. The topological polar surface area (TPSA) is 41.6 Å². The zero-order valence-electron chi connectivity index (χ0n) is 15.0. The molecule has 2 aromatic rings. The number of para-hydroxylation sites is 1. The smallest absolute Gasteiger partial charge is 0.241 e. The van der Waals surface area contributed by atoms with Crippen molar-refractivity contribution in [2.75, 3.05) is 18.6 Å². The first-order valence-electron chi connectivity index (χ1n) is 8.60. The van der Waals surface area contributed by atoms with Crippen LogP contribution in [-0.2, 0) is 10.2 Å². The maximum atomic E-state index is 12.3. The summed E-state index contributed by atoms with van der Waals surface area (Å²) >= 11 is 3.52. The number of fused-ring (bicyclic) bond motifs is 3. The molecular weight excluding hydrogens is 392 g/mol. The van der Waals surface area contributed by atoms with Crippen molar-refractivity contribution in [2.45, 2.75) is 24.9 Å². The first kappa shape index (κ1) is 17.2. The number of anilines is 1. The van der Waals surface area contributed by atoms with E-state index in [4.69, 9.17) is 4.74 Å². The molecular formula is C21H21BrN2O2. The Labute approximate surface area is 162 Å². The first-order valence-corrected chi connectivity index (χ1v) is 9.39. The van der Waals surface area contributed by atoms with Gasteiger partial charge >= 0.3 is 0 Å². The second kappa shape index (κ2) is 5.88. The molecule has 0 aliphatic carbocycles. The number of rotatable bonds is 3. The van der Waals surface area contributed by atoms with Crippen molar-refractivity contribution in [1.29, 1.82) is 0 Å². The molecule has 0 aromatic heterocycles. The Morgan fingerprint density at radius 1 is 1.23 bits per heavy atom. The van der Waals surface area contributed by atoms with Gasteiger partial charge in [0.2, 0.25) is 5.91 Å². The van der Waals surface area contributed by atoms with E-state index >= 15 is 0 Å². The molecule has 2 aromatic carbocycles. The van der Waals surface area contributed by atoms with E-state index in [1.54, 1.807) is 7.11 Å². The van der Waals surface area contributed by atoms with Gasteiger partial charge in [0.15, 0.2) is 0 Å². The number of halogens is 1. The summed E-state index contributed by atoms with van der Waals surface area (Å²) in [7, 11) is 1.66. The van der Waals surface area contributed by atoms with Crippen molar-refractivity contribution < 1.29 is 9.53 Å². The number of methoxy groups -OCH3 is 1. The Hall–Kier alpha value is -2.27. The van der Waals surface area contributed by atoms with Crippen LogP contribution < -0.4 is 15.0 Å². The van der Waals surface area contributed by atoms with Crippen LogP contribution in [0.1, 0.15) is 25.0 Å². The second-order valence-corrected chi connectivity index (χ2v) is 8.18. The zero-order chi connectivity index (χ0) is 18.5. The lowest BCUT2D eigenvalue weighted by Gasteiger charge is -2.40. The van der Waals surface area contributed by atoms with Crippen molar-refractivity contribution in [3.63, 3.8) is 0 Å². The highest BCUT2D eigenvalue weighted by Gasteiger charge is 2.59. The van der Waals surface area contributed by atoms with Crippen LogP contribution in [0.5, 0.6) is 5.75 Å². The van der Waals surface area contributed by atoms with Gasteiger partial charge in [-0.1, -0.05) is 54.1 Å². The molecule has 26 heavy (non-hydrogen) atoms. The molecule has 0 radical (unpaired) electrons. The molecule has 2 aliphatic rings. The Kier molecular flexibility index (Phi) is 3.88. The molecule has 2 heterocycles. The molecule has 5 heteroatoms. The van der Waals surface area contributed by atoms with Gasteiger partial charge in [-0.3, -0.25) is 4.79 Å². The average molecular weight is 413 g/mol. The number of hydrogen-bond acceptors (Lipinski definition) is 3. The van der Waals surface area contributed by atoms with Crippen molar-refractivity contribution in [3.05, 3.63) is 64.1 Å². The first-order chi connectivity index (χ1) is 12.4. The Morgan fingerprint density at radius 3 is 2.77 bits per heavy atom. The van der Waals surface area contributed by atoms with Crippen LogP contribution in [-0.4, -0.2) is 25.2 Å². The lowest BCUT2D eigenvalue weighted by Crippen LogP contribution is -2.58. The van der Waals surface area contributed by atoms with Crippen LogP contribution in [0.2, 0.25) is 0 Å². The van der Waals surface area contributed by atoms with Crippen LogP contribution in [0.15, 0.2) is 53.0 Å². The number of nitrogens with one attached hydrogen (secondary N) is 1. The summed E-state index contributed by atoms with van der Waals surface area (Å²) in [4.78, 5) is 14.5. The average Bonchev–Trinajstić information content (AvgIpc) is 3.05. The Balaban J connectivity index is 1.84. The largest absolute Gasteiger partial charge is 0.496 e. The van der Waals surface area contributed by atoms with Gasteiger partial charge in [0.25, 0.3) is 0 Å². The number of nitrogens with zero attached hydrogens (tertiary/aromatic N) is 1. The Morgan fingerprint density at radius 2 is 2.00 bits per heavy atom. The second-order valence-electron chi connectivity index (χ2n) is 7.26. The van der Waals surface area contributed by atoms with Crippen molar-refractivity contribution >= 4 is 33.6 Å². The SMILES string of the molecule is COc1ccc(Br)cc1/C=C/[C@]12NC(=O)CN1c1ccccc1C2(C)C. The minimum absolute atomic E-state index is 0.0402. The van der Waals surface area contributed by atoms with Crippen LogP contribution in [0.4, 0.5) is 5.69 Å². The number of ether oxygens (including phenoxy) is 1. The lowest BCUT2D eigenvalue weighted by atomic mass is 9.75. The van der Waals surface area contributed by atoms with Gasteiger partial charge in [-0.2, -0.15) is 0 Å². The van der Waals surface area contributed by atoms with Crippen LogP contribution in [0, 0.1) is 0 Å². The summed E-state index contributed by atoms with van der Waals surface area (Å²) in [6, 6.07) is 14.2. The number of benzene rings is 2. The minimum atomic E-state index is -0.596. The van der Waals surface area contributed by atoms with E-state index in [-0.39, 0.29) is 11.3 Å². The number of carbonyl (C=O) groups is 1. The predicted molar refractivity (Wildman–Crippen MR) is 107 cm³/mol. The number of hydrogen-bond donors (Lipinski definition) is 1. The molecule has 0 spiro atoms. The van der Waals surface area contributed by atoms with Crippen molar-refractivity contribution in [1.82, 2.24) is 5.32 Å². The molecule has 1 fully saturated rings. The van der Waals surface area contributed by atoms with Gasteiger partial charge in [-0.05, 0) is 35.9 Å². The quantitative estimate of drug-likeness (QED) is 0.824. The molecule has 1 amide bonds. The van der Waals surface area contributed by atoms with E-state index in [2.05, 4.69) is 64.3 Å². The van der Waals surface area contributed by atoms with E-state index in [0.29, 0.717) is 6.54 Å². The molecule has 2 aliphatic heterocycles. The molecule has 1 saturated heterocycles. The van der Waals surface area contributed by atoms with Crippen LogP contribution in [0.25, 0.3) is 6.08 Å². The van der Waals surface area contributed by atoms with E-state index in [0.717, 1.165) is 21.5 Å². The highest BCUT2D eigenvalue weighted by molar-refractivity contribution is 9.10. The summed E-state index contributed by atoms with van der Waals surface area (Å²) in [5, 5.41) is 3.24. The third-order valence-corrected chi connectivity index (χ3v) is 6.07. The van der Waals surface area contributed by atoms with E-state index < -0.39 is 5.66 Å². The minimum Gasteiger partial charge on any atom is -0.496 e. The fourth-order valence-electron chi connectivity index (χ4n) is 4.19. The fraction of sp³-hybridized carbons (Fsp3) is 0.286. The highest BCUT2D eigenvalue weighted by atomic mass is 79.9. The van der Waals surface area contributed by atoms with Gasteiger partial charge in [0.1, 0.15) is 11.4 Å². The molecule has 1 N–H and O–H groups in total. The van der Waals surface area contributed by atoms with E-state index in [1.165, 1.54) is 5.56 Å². The monoisotopic (exact) mass is 412 g/mol. The van der Waals surface area contributed by atoms with Crippen molar-refractivity contribution in [2.24, 2.45) is 0 Å². The lowest BCUT2D eigenvalue weighted by molar-refractivity contribution is -0.118. The summed E-state index contributed by atoms with van der Waals surface area (Å²) in [6.45, 7) is 4.72. The molecule has 4 rings (SSSR count). The standard InChI is InChI=1S/C21H21BrN2O2/c1-20(2)16-6-4-5-7-17(16)24-13-19(25)23-21(20,24)11-10-14-12-15(22)8-9-18(14)26-3/h4-12H,13H2,1-3H3,(H,23,25)/b11-10+/t21-/m0/s1. The van der Waals surface area contributed by atoms with E-state index in [9.17, 15) is 4.79 Å². The number of amides is 1. The predicted octanol–water partition coefficient (Wildman–Crippen LogP) is 4.09. The summed E-state index contributed by atoms with van der Waals surface area (Å²) < 4.78 is 6.47. The van der Waals surface area contributed by atoms with E-state index in [1.807, 2.05) is 30.3 Å². The third-order valence-electron chi connectivity index (χ3n) is 5.57. The van der Waals surface area contributed by atoms with Crippen LogP contribution >= 0.6 is 15.9 Å². The number of carbonyl (C=O) groups excluding carboxylic acids is 1. The summed E-state index contributed by atoms with van der Waals surface area (Å²) in [6.07, 6.45) is 4.14. The van der Waals surface area contributed by atoms with Gasteiger partial charge in [0, 0.05) is 21.1 Å². The Bertz CT molecular complexity index is 922. The summed E-state index contributed by atoms with van der Waals surface area (Å²) in [5.74, 6) is 0.837.